The van der Waals surface area contributed by atoms with E-state index in [2.05, 4.69) is 179 Å². The molecule has 0 amide bonds. The van der Waals surface area contributed by atoms with Crippen LogP contribution in [0.25, 0.3) is 22.3 Å². The van der Waals surface area contributed by atoms with E-state index in [4.69, 9.17) is 0 Å². The fourth-order valence-electron chi connectivity index (χ4n) is 11.9. The molecule has 2 aliphatic rings. The third-order valence-electron chi connectivity index (χ3n) is 12.9. The number of benzene rings is 6. The molecule has 0 atom stereocenters. The van der Waals surface area contributed by atoms with Crippen molar-refractivity contribution in [2.24, 2.45) is 0 Å². The molecule has 1 aliphatic heterocycles. The van der Waals surface area contributed by atoms with Gasteiger partial charge in [-0.1, -0.05) is 152 Å². The van der Waals surface area contributed by atoms with E-state index in [1.54, 1.807) is 0 Å². The topological polar surface area (TPSA) is 24.1 Å². The van der Waals surface area contributed by atoms with Gasteiger partial charge in [0, 0.05) is 0 Å². The van der Waals surface area contributed by atoms with Gasteiger partial charge in [-0.15, -0.1) is 0 Å². The predicted molar refractivity (Wildman–Crippen MR) is 229 cm³/mol. The van der Waals surface area contributed by atoms with Gasteiger partial charge in [-0.2, -0.15) is 32.8 Å². The van der Waals surface area contributed by atoms with Gasteiger partial charge in [0.1, 0.15) is 0 Å². The molecule has 2 N–H and O–H groups in total. The van der Waals surface area contributed by atoms with Crippen LogP contribution in [0.3, 0.4) is 0 Å². The fraction of sp³-hybridized carbons (Fsp3) is 0.250. The van der Waals surface area contributed by atoms with Crippen LogP contribution >= 0.6 is 0 Å². The minimum absolute atomic E-state index is 1.30. The number of hydrogen-bond acceptors (Lipinski definition) is 2. The van der Waals surface area contributed by atoms with Gasteiger partial charge in [-0.25, -0.2) is 0 Å². The molecular weight excluding hydrogens is 626 g/mol. The Morgan fingerprint density at radius 1 is 0.327 bits per heavy atom. The molecule has 0 spiro atoms. The molecule has 52 heavy (non-hydrogen) atoms. The molecule has 1 aliphatic carbocycles. The van der Waals surface area contributed by atoms with Crippen LogP contribution in [-0.4, -0.2) is 12.6 Å². The average molecular weight is 679 g/mol. The minimum atomic E-state index is -1.78. The minimum Gasteiger partial charge on any atom is -0.450 e. The zero-order valence-corrected chi connectivity index (χ0v) is 33.2. The second-order valence-corrected chi connectivity index (χ2v) is 16.8. The van der Waals surface area contributed by atoms with E-state index < -0.39 is 12.6 Å². The Hall–Kier alpha value is -4.63. The summed E-state index contributed by atoms with van der Waals surface area (Å²) in [6.45, 7) is 27.5. The van der Waals surface area contributed by atoms with Gasteiger partial charge in [-0.3, -0.25) is 0 Å². The highest BCUT2D eigenvalue weighted by Crippen LogP contribution is 2.47. The number of hydrazine groups is 1. The van der Waals surface area contributed by atoms with E-state index in [0.29, 0.717) is 0 Å². The van der Waals surface area contributed by atoms with Crippen molar-refractivity contribution >= 4 is 45.3 Å². The van der Waals surface area contributed by atoms with Gasteiger partial charge in [0.25, 0.3) is 0 Å². The summed E-state index contributed by atoms with van der Waals surface area (Å²) < 4.78 is 0. The first-order valence-corrected chi connectivity index (χ1v) is 19.2. The van der Waals surface area contributed by atoms with Crippen molar-refractivity contribution in [1.82, 2.24) is 10.7 Å². The highest BCUT2D eigenvalue weighted by molar-refractivity contribution is 7.15. The Morgan fingerprint density at radius 3 is 0.788 bits per heavy atom. The quantitative estimate of drug-likeness (QED) is 0.195. The van der Waals surface area contributed by atoms with E-state index in [-0.39, 0.29) is 0 Å². The molecule has 0 saturated heterocycles. The summed E-state index contributed by atoms with van der Waals surface area (Å²) >= 11 is 0. The highest BCUT2D eigenvalue weighted by atomic mass is 15.3. The Kier molecular flexibility index (Phi) is 7.92. The second-order valence-electron chi connectivity index (χ2n) is 16.8. The van der Waals surface area contributed by atoms with E-state index in [0.717, 1.165) is 0 Å². The first-order chi connectivity index (χ1) is 24.7. The molecule has 2 nitrogen and oxygen atoms in total. The Morgan fingerprint density at radius 2 is 0.558 bits per heavy atom. The maximum Gasteiger partial charge on any atom is 0.153 e. The summed E-state index contributed by atoms with van der Waals surface area (Å²) in [4.78, 5) is 0. The van der Waals surface area contributed by atoms with Crippen molar-refractivity contribution in [3.63, 3.8) is 0 Å². The number of fused-ring (bicyclic) bond motifs is 1. The van der Waals surface area contributed by atoms with Crippen LogP contribution in [-0.2, 0) is 0 Å². The molecule has 1 heterocycles. The summed E-state index contributed by atoms with van der Waals surface area (Å²) in [7, 11) is 0. The number of rotatable bonds is 4. The summed E-state index contributed by atoms with van der Waals surface area (Å²) in [5.74, 6) is 0. The van der Waals surface area contributed by atoms with E-state index in [1.165, 1.54) is 122 Å². The van der Waals surface area contributed by atoms with Crippen molar-refractivity contribution < 1.29 is 0 Å². The normalized spacial score (nSPS) is 15.1. The van der Waals surface area contributed by atoms with Crippen molar-refractivity contribution in [3.05, 3.63) is 152 Å². The largest absolute Gasteiger partial charge is 0.450 e. The monoisotopic (exact) mass is 678 g/mol. The molecular formula is C48H52B2N2-2. The predicted octanol–water partition coefficient (Wildman–Crippen LogP) is 7.08. The maximum atomic E-state index is 4.46. The second kappa shape index (κ2) is 12.0. The lowest BCUT2D eigenvalue weighted by molar-refractivity contribution is 0.894. The van der Waals surface area contributed by atoms with Gasteiger partial charge < -0.3 is 10.7 Å². The molecule has 6 aromatic rings. The summed E-state index contributed by atoms with van der Waals surface area (Å²) in [6.07, 6.45) is -3.57. The van der Waals surface area contributed by atoms with E-state index in [9.17, 15) is 0 Å². The van der Waals surface area contributed by atoms with Gasteiger partial charge in [0.15, 0.2) is 12.6 Å². The zero-order chi connectivity index (χ0) is 37.0. The van der Waals surface area contributed by atoms with Crippen LogP contribution in [0.4, 0.5) is 0 Å². The van der Waals surface area contributed by atoms with Gasteiger partial charge in [0.2, 0.25) is 0 Å². The summed E-state index contributed by atoms with van der Waals surface area (Å²) in [5, 5.41) is 8.91. The lowest BCUT2D eigenvalue weighted by atomic mass is 9.18. The van der Waals surface area contributed by atoms with Crippen molar-refractivity contribution in [3.8, 4) is 22.3 Å². The van der Waals surface area contributed by atoms with Crippen molar-refractivity contribution in [2.45, 2.75) is 83.1 Å². The Labute approximate surface area is 312 Å². The van der Waals surface area contributed by atoms with E-state index >= 15 is 0 Å². The standard InChI is InChI=1S/C48H52B2N2/c1-27-19-31(5)45(32(6)20-27)49(46-33(7)21-28(2)22-34(46)8)41-17-13-15-39-40-16-14-18-42(44(40)43(39)41)50(52-51-49,47-35(9)23-29(3)24-36(47)10)48-37(11)25-30(4)26-38(48)12/h13-26,51-52H,1-12H3/q-2. The molecule has 0 unspecified atom stereocenters. The lowest BCUT2D eigenvalue weighted by Crippen LogP contribution is -2.90. The first kappa shape index (κ1) is 34.5. The van der Waals surface area contributed by atoms with Crippen molar-refractivity contribution in [1.29, 1.82) is 0 Å². The Balaban J connectivity index is 1.63. The van der Waals surface area contributed by atoms with Crippen LogP contribution < -0.4 is 43.5 Å². The Bertz CT molecular complexity index is 2120. The van der Waals surface area contributed by atoms with Crippen LogP contribution in [0.2, 0.25) is 0 Å². The molecule has 0 saturated carbocycles. The van der Waals surface area contributed by atoms with Gasteiger partial charge in [0.05, 0.1) is 0 Å². The molecule has 4 heteroatoms. The fourth-order valence-corrected chi connectivity index (χ4v) is 11.9. The highest BCUT2D eigenvalue weighted by Gasteiger charge is 2.46. The molecule has 6 aromatic carbocycles. The number of nitrogens with one attached hydrogen (secondary N) is 2. The van der Waals surface area contributed by atoms with Crippen LogP contribution in [0.5, 0.6) is 0 Å². The summed E-state index contributed by atoms with van der Waals surface area (Å²) in [6, 6.07) is 33.3. The first-order valence-electron chi connectivity index (χ1n) is 19.2. The average Bonchev–Trinajstić information content (AvgIpc) is 3.02. The molecule has 0 radical (unpaired) electrons. The van der Waals surface area contributed by atoms with Gasteiger partial charge in [-0.05, 0) is 105 Å². The maximum absolute atomic E-state index is 4.46. The summed E-state index contributed by atoms with van der Waals surface area (Å²) in [5.41, 5.74) is 29.5. The lowest BCUT2D eigenvalue weighted by Gasteiger charge is -2.60. The zero-order valence-electron chi connectivity index (χ0n) is 33.2. The smallest absolute Gasteiger partial charge is 0.153 e. The molecule has 8 rings (SSSR count). The third kappa shape index (κ3) is 4.67. The van der Waals surface area contributed by atoms with Crippen LogP contribution in [0.1, 0.15) is 66.8 Å². The molecule has 0 fully saturated rings. The number of aryl methyl sites for hydroxylation is 12. The third-order valence-corrected chi connectivity index (χ3v) is 12.9. The molecule has 262 valence electrons. The van der Waals surface area contributed by atoms with Crippen LogP contribution in [0, 0.1) is 83.1 Å². The van der Waals surface area contributed by atoms with Crippen LogP contribution in [0.15, 0.2) is 84.9 Å². The van der Waals surface area contributed by atoms with Gasteiger partial charge >= 0.3 is 0 Å². The number of hydrogen-bond donors (Lipinski definition) is 2. The molecule has 0 bridgehead atoms. The van der Waals surface area contributed by atoms with Crippen molar-refractivity contribution in [2.75, 3.05) is 0 Å². The molecule has 0 aromatic heterocycles. The SMILES string of the molecule is Cc1cc(C)c([B-]2(c3c(C)cc(C)cc3C)NN[B-](c3c(C)cc(C)cc3C)(c3c(C)cc(C)cc3C)c3cccc4c3-c3c-4cccc32)c(C)c1. The van der Waals surface area contributed by atoms with E-state index in [1.807, 2.05) is 0 Å².